The molecule has 4 atom stereocenters. The molecule has 2 aliphatic carbocycles. The number of carbonyl (C=O) groups excluding carboxylic acids is 1. The molecule has 0 saturated carbocycles. The topological polar surface area (TPSA) is 89.0 Å². The van der Waals surface area contributed by atoms with Crippen molar-refractivity contribution in [3.8, 4) is 0 Å². The number of amides is 1. The van der Waals surface area contributed by atoms with E-state index in [2.05, 4.69) is 22.9 Å². The van der Waals surface area contributed by atoms with E-state index in [1.807, 2.05) is 38.5 Å². The molecule has 0 saturated heterocycles. The molecule has 0 bridgehead atoms. The summed E-state index contributed by atoms with van der Waals surface area (Å²) in [6, 6.07) is -0.316. The van der Waals surface area contributed by atoms with Crippen molar-refractivity contribution in [1.82, 2.24) is 20.9 Å². The molecular weight excluding hydrogens is 550 g/mol. The lowest BCUT2D eigenvalue weighted by molar-refractivity contribution is -0.190. The molecule has 4 rings (SSSR count). The van der Waals surface area contributed by atoms with Gasteiger partial charge in [-0.3, -0.25) is 10.1 Å². The standard InChI is InChI=1S/C27H39ClF3N5O2P/c1-16-13-17(14-19-18(16)11-12-36(25(19,2)3)23(37)27(29,30)31)33-24-32-15-22(28)26(4,35-24)34-20-9-7-8-10-21(20)39(5,6)38/h7-8,10,15-17,20,34,38H,9,11-14H2,1-6H3,(H2,32,33,35)/q+1/t16-,17?,20?,26?/m1/s1. The molecule has 4 aliphatic rings. The smallest absolute Gasteiger partial charge is 0.333 e. The molecule has 0 aromatic rings. The maximum absolute atomic E-state index is 13.3. The van der Waals surface area contributed by atoms with Crippen molar-refractivity contribution < 1.29 is 22.9 Å². The average molecular weight is 589 g/mol. The number of hydrogen-bond donors (Lipinski definition) is 4. The summed E-state index contributed by atoms with van der Waals surface area (Å²) in [5.41, 5.74) is 0.0849. The third-order valence-electron chi connectivity index (χ3n) is 8.27. The van der Waals surface area contributed by atoms with Crippen LogP contribution in [0.25, 0.3) is 0 Å². The quantitative estimate of drug-likeness (QED) is 0.275. The zero-order chi connectivity index (χ0) is 29.0. The van der Waals surface area contributed by atoms with Gasteiger partial charge in [0.05, 0.1) is 36.0 Å². The summed E-state index contributed by atoms with van der Waals surface area (Å²) < 4.78 is 40.0. The van der Waals surface area contributed by atoms with Crippen LogP contribution in [0, 0.1) is 5.92 Å². The molecule has 1 amide bonds. The van der Waals surface area contributed by atoms with Crippen LogP contribution in [0.5, 0.6) is 0 Å². The Hall–Kier alpha value is -1.87. The molecule has 0 radical (unpaired) electrons. The van der Waals surface area contributed by atoms with Gasteiger partial charge in [-0.15, -0.1) is 0 Å². The van der Waals surface area contributed by atoms with Crippen molar-refractivity contribution in [3.05, 3.63) is 45.9 Å². The molecule has 216 valence electrons. The highest BCUT2D eigenvalue weighted by molar-refractivity contribution is 7.73. The van der Waals surface area contributed by atoms with Gasteiger partial charge in [-0.2, -0.15) is 13.2 Å². The highest BCUT2D eigenvalue weighted by atomic mass is 35.5. The van der Waals surface area contributed by atoms with Crippen molar-refractivity contribution in [1.29, 1.82) is 0 Å². The predicted molar refractivity (Wildman–Crippen MR) is 151 cm³/mol. The van der Waals surface area contributed by atoms with Gasteiger partial charge in [-0.05, 0) is 64.0 Å². The van der Waals surface area contributed by atoms with Gasteiger partial charge in [0.2, 0.25) is 0 Å². The Morgan fingerprint density at radius 3 is 2.64 bits per heavy atom. The molecule has 0 aromatic carbocycles. The van der Waals surface area contributed by atoms with E-state index in [0.717, 1.165) is 27.8 Å². The number of rotatable bonds is 4. The molecule has 2 aliphatic heterocycles. The van der Waals surface area contributed by atoms with E-state index in [9.17, 15) is 22.9 Å². The second kappa shape index (κ2) is 10.5. The maximum Gasteiger partial charge on any atom is 0.471 e. The third kappa shape index (κ3) is 6.09. The van der Waals surface area contributed by atoms with Crippen LogP contribution in [0.1, 0.15) is 53.4 Å². The number of carbonyl (C=O) groups is 1. The van der Waals surface area contributed by atoms with Crippen molar-refractivity contribution >= 4 is 31.0 Å². The van der Waals surface area contributed by atoms with Crippen LogP contribution in [0.2, 0.25) is 0 Å². The minimum Gasteiger partial charge on any atom is -0.333 e. The van der Waals surface area contributed by atoms with Crippen molar-refractivity contribution in [2.75, 3.05) is 19.9 Å². The van der Waals surface area contributed by atoms with Crippen LogP contribution >= 0.6 is 19.1 Å². The normalized spacial score (nSPS) is 32.2. The Morgan fingerprint density at radius 2 is 2.00 bits per heavy atom. The Labute approximate surface area is 234 Å². The number of aliphatic imine (C=N–C) groups is 1. The van der Waals surface area contributed by atoms with Crippen LogP contribution in [-0.4, -0.2) is 71.0 Å². The summed E-state index contributed by atoms with van der Waals surface area (Å²) in [5.74, 6) is -1.16. The molecule has 12 heteroatoms. The van der Waals surface area contributed by atoms with Crippen molar-refractivity contribution in [2.24, 2.45) is 10.9 Å². The minimum atomic E-state index is -4.91. The summed E-state index contributed by atoms with van der Waals surface area (Å²) >= 11 is 6.64. The van der Waals surface area contributed by atoms with E-state index in [0.29, 0.717) is 30.3 Å². The minimum absolute atomic E-state index is 0.0594. The summed E-state index contributed by atoms with van der Waals surface area (Å²) in [6.45, 7) is 11.2. The Kier molecular flexibility index (Phi) is 8.11. The van der Waals surface area contributed by atoms with Gasteiger partial charge in [0.1, 0.15) is 11.0 Å². The Bertz CT molecular complexity index is 1170. The fraction of sp³-hybridized carbons (Fsp3) is 0.630. The lowest BCUT2D eigenvalue weighted by Gasteiger charge is -2.49. The van der Waals surface area contributed by atoms with Crippen LogP contribution in [0.3, 0.4) is 0 Å². The SMILES string of the molecule is C[C@@H]1CC(N=C2NC=C(Cl)C(C)(NC3CC=CC=C3[P+](C)(C)O)N2)CC2=C1CCN(C(=O)C(F)(F)F)C2(C)C. The van der Waals surface area contributed by atoms with Crippen molar-refractivity contribution in [2.45, 2.75) is 82.8 Å². The first-order valence-corrected chi connectivity index (χ1v) is 16.3. The predicted octanol–water partition coefficient (Wildman–Crippen LogP) is 4.99. The molecule has 2 heterocycles. The summed E-state index contributed by atoms with van der Waals surface area (Å²) in [4.78, 5) is 28.9. The number of halogens is 4. The Morgan fingerprint density at radius 1 is 1.31 bits per heavy atom. The van der Waals surface area contributed by atoms with Gasteiger partial charge >= 0.3 is 12.1 Å². The van der Waals surface area contributed by atoms with E-state index >= 15 is 0 Å². The number of alkyl halides is 3. The van der Waals surface area contributed by atoms with Crippen LogP contribution in [0.15, 0.2) is 50.9 Å². The number of guanidine groups is 1. The molecule has 0 fully saturated rings. The van der Waals surface area contributed by atoms with E-state index in [4.69, 9.17) is 16.6 Å². The van der Waals surface area contributed by atoms with Crippen LogP contribution in [0.4, 0.5) is 13.2 Å². The maximum atomic E-state index is 13.3. The Balaban J connectivity index is 1.55. The fourth-order valence-electron chi connectivity index (χ4n) is 6.25. The number of nitrogens with zero attached hydrogens (tertiary/aromatic N) is 2. The monoisotopic (exact) mass is 588 g/mol. The molecule has 7 nitrogen and oxygen atoms in total. The molecule has 0 spiro atoms. The van der Waals surface area contributed by atoms with E-state index in [-0.39, 0.29) is 24.5 Å². The van der Waals surface area contributed by atoms with E-state index in [1.165, 1.54) is 0 Å². The zero-order valence-corrected chi connectivity index (χ0v) is 24.9. The lowest BCUT2D eigenvalue weighted by atomic mass is 9.70. The van der Waals surface area contributed by atoms with Gasteiger partial charge in [0.15, 0.2) is 13.4 Å². The molecule has 39 heavy (non-hydrogen) atoms. The largest absolute Gasteiger partial charge is 0.471 e. The first-order chi connectivity index (χ1) is 17.9. The van der Waals surface area contributed by atoms with Crippen LogP contribution in [-0.2, 0) is 4.79 Å². The average Bonchev–Trinajstić information content (AvgIpc) is 2.81. The summed E-state index contributed by atoms with van der Waals surface area (Å²) in [7, 11) is -2.26. The van der Waals surface area contributed by atoms with Gasteiger partial charge in [0.25, 0.3) is 0 Å². The highest BCUT2D eigenvalue weighted by Crippen LogP contribution is 2.57. The highest BCUT2D eigenvalue weighted by Gasteiger charge is 2.51. The molecule has 3 unspecified atom stereocenters. The van der Waals surface area contributed by atoms with Gasteiger partial charge < -0.3 is 15.5 Å². The number of hydrogen-bond acceptors (Lipinski definition) is 4. The van der Waals surface area contributed by atoms with Gasteiger partial charge in [0, 0.05) is 12.7 Å². The summed E-state index contributed by atoms with van der Waals surface area (Å²) in [6.07, 6.45) is 5.08. The third-order valence-corrected chi connectivity index (χ3v) is 10.5. The molecular formula is C27H39ClF3N5O2P+. The molecule has 0 aromatic heterocycles. The number of allylic oxidation sites excluding steroid dienone is 2. The van der Waals surface area contributed by atoms with Gasteiger partial charge in [-0.25, -0.2) is 9.89 Å². The van der Waals surface area contributed by atoms with Gasteiger partial charge in [-0.1, -0.05) is 36.2 Å². The van der Waals surface area contributed by atoms with Crippen LogP contribution < -0.4 is 16.0 Å². The number of nitrogens with one attached hydrogen (secondary N) is 3. The first kappa shape index (κ1) is 30.1. The zero-order valence-electron chi connectivity index (χ0n) is 23.3. The van der Waals surface area contributed by atoms with E-state index in [1.54, 1.807) is 20.0 Å². The lowest BCUT2D eigenvalue weighted by Crippen LogP contribution is -2.64. The second-order valence-electron chi connectivity index (χ2n) is 12.0. The molecule has 4 N–H and O–H groups in total. The first-order valence-electron chi connectivity index (χ1n) is 13.2. The summed E-state index contributed by atoms with van der Waals surface area (Å²) in [5, 5.41) is 11.5. The van der Waals surface area contributed by atoms with Crippen molar-refractivity contribution in [3.63, 3.8) is 0 Å². The second-order valence-corrected chi connectivity index (χ2v) is 15.7. The fourth-order valence-corrected chi connectivity index (χ4v) is 7.79. The van der Waals surface area contributed by atoms with E-state index < -0.39 is 30.8 Å².